The van der Waals surface area contributed by atoms with E-state index >= 15 is 0 Å². The summed E-state index contributed by atoms with van der Waals surface area (Å²) < 4.78 is 10.5. The van der Waals surface area contributed by atoms with Crippen LogP contribution in [0.4, 0.5) is 4.79 Å². The second-order valence-corrected chi connectivity index (χ2v) is 5.22. The van der Waals surface area contributed by atoms with Crippen molar-refractivity contribution in [2.45, 2.75) is 39.2 Å². The summed E-state index contributed by atoms with van der Waals surface area (Å²) in [5.74, 6) is 5.98. The molecule has 1 unspecified atom stereocenters. The summed E-state index contributed by atoms with van der Waals surface area (Å²) in [6, 6.07) is 0. The lowest BCUT2D eigenvalue weighted by atomic mass is 10.0. The van der Waals surface area contributed by atoms with Gasteiger partial charge in [0.05, 0.1) is 6.61 Å². The lowest BCUT2D eigenvalue weighted by Crippen LogP contribution is -2.45. The van der Waals surface area contributed by atoms with Crippen molar-refractivity contribution in [3.63, 3.8) is 0 Å². The molecule has 1 rings (SSSR count). The normalized spacial score (nSPS) is 21.6. The van der Waals surface area contributed by atoms with Crippen molar-refractivity contribution in [1.29, 1.82) is 0 Å². The Morgan fingerprint density at radius 1 is 1.56 bits per heavy atom. The lowest BCUT2D eigenvalue weighted by Gasteiger charge is -2.28. The Bertz CT molecular complexity index is 232. The zero-order chi connectivity index (χ0) is 12.2. The van der Waals surface area contributed by atoms with Crippen molar-refractivity contribution in [3.8, 4) is 0 Å². The third kappa shape index (κ3) is 4.81. The monoisotopic (exact) mass is 230 g/mol. The largest absolute Gasteiger partial charge is 0.443 e. The summed E-state index contributed by atoms with van der Waals surface area (Å²) in [5.41, 5.74) is -0.502. The third-order valence-electron chi connectivity index (χ3n) is 2.34. The molecule has 94 valence electrons. The van der Waals surface area contributed by atoms with Crippen LogP contribution in [-0.2, 0) is 9.47 Å². The number of amides is 1. The smallest absolute Gasteiger partial charge is 0.424 e. The molecule has 2 N–H and O–H groups in total. The van der Waals surface area contributed by atoms with E-state index in [1.54, 1.807) is 0 Å². The van der Waals surface area contributed by atoms with E-state index in [1.807, 2.05) is 20.8 Å². The first kappa shape index (κ1) is 13.3. The Labute approximate surface area is 96.8 Å². The van der Waals surface area contributed by atoms with E-state index in [2.05, 4.69) is 0 Å². The Morgan fingerprint density at radius 2 is 2.25 bits per heavy atom. The van der Waals surface area contributed by atoms with Crippen molar-refractivity contribution in [3.05, 3.63) is 0 Å². The van der Waals surface area contributed by atoms with Gasteiger partial charge in [-0.25, -0.2) is 15.6 Å². The minimum absolute atomic E-state index is 0.325. The summed E-state index contributed by atoms with van der Waals surface area (Å²) in [7, 11) is 0. The van der Waals surface area contributed by atoms with E-state index in [0.717, 1.165) is 24.5 Å². The van der Waals surface area contributed by atoms with E-state index < -0.39 is 11.7 Å². The van der Waals surface area contributed by atoms with Gasteiger partial charge in [0.2, 0.25) is 0 Å². The third-order valence-corrected chi connectivity index (χ3v) is 2.34. The first-order chi connectivity index (χ1) is 7.38. The topological polar surface area (TPSA) is 64.8 Å². The van der Waals surface area contributed by atoms with Crippen LogP contribution in [0.15, 0.2) is 0 Å². The van der Waals surface area contributed by atoms with Crippen molar-refractivity contribution in [1.82, 2.24) is 5.01 Å². The predicted molar refractivity (Wildman–Crippen MR) is 60.7 cm³/mol. The molecule has 0 saturated carbocycles. The van der Waals surface area contributed by atoms with Crippen LogP contribution in [0.1, 0.15) is 33.6 Å². The maximum absolute atomic E-state index is 11.6. The standard InChI is InChI=1S/C11H22N2O3/c1-11(2,3)16-10(14)13(12)7-9-5-4-6-15-8-9/h9H,4-8,12H2,1-3H3. The number of rotatable bonds is 2. The zero-order valence-electron chi connectivity index (χ0n) is 10.4. The molecule has 0 bridgehead atoms. The first-order valence-corrected chi connectivity index (χ1v) is 5.71. The molecule has 0 radical (unpaired) electrons. The van der Waals surface area contributed by atoms with Crippen molar-refractivity contribution in [2.24, 2.45) is 11.8 Å². The average Bonchev–Trinajstić information content (AvgIpc) is 2.16. The van der Waals surface area contributed by atoms with E-state index in [9.17, 15) is 4.79 Å². The minimum atomic E-state index is -0.502. The Balaban J connectivity index is 2.33. The summed E-state index contributed by atoms with van der Waals surface area (Å²) in [6.45, 7) is 7.45. The van der Waals surface area contributed by atoms with E-state index in [1.165, 1.54) is 0 Å². The van der Waals surface area contributed by atoms with Gasteiger partial charge in [-0.05, 0) is 33.6 Å². The van der Waals surface area contributed by atoms with Crippen LogP contribution in [0.2, 0.25) is 0 Å². The fourth-order valence-electron chi connectivity index (χ4n) is 1.62. The van der Waals surface area contributed by atoms with Gasteiger partial charge in [0.25, 0.3) is 0 Å². The highest BCUT2D eigenvalue weighted by atomic mass is 16.6. The average molecular weight is 230 g/mol. The van der Waals surface area contributed by atoms with Gasteiger partial charge in [0.1, 0.15) is 5.60 Å². The van der Waals surface area contributed by atoms with Crippen LogP contribution in [0.5, 0.6) is 0 Å². The van der Waals surface area contributed by atoms with Gasteiger partial charge in [0, 0.05) is 19.1 Å². The van der Waals surface area contributed by atoms with Gasteiger partial charge in [0.15, 0.2) is 0 Å². The SMILES string of the molecule is CC(C)(C)OC(=O)N(N)CC1CCCOC1. The summed E-state index contributed by atoms with van der Waals surface area (Å²) in [5, 5.41) is 1.14. The highest BCUT2D eigenvalue weighted by Gasteiger charge is 2.23. The van der Waals surface area contributed by atoms with E-state index in [4.69, 9.17) is 15.3 Å². The molecular formula is C11H22N2O3. The van der Waals surface area contributed by atoms with Gasteiger partial charge in [-0.1, -0.05) is 0 Å². The second kappa shape index (κ2) is 5.50. The number of carbonyl (C=O) groups excluding carboxylic acids is 1. The Kier molecular flexibility index (Phi) is 4.56. The number of hydrogen-bond donors (Lipinski definition) is 1. The zero-order valence-corrected chi connectivity index (χ0v) is 10.4. The molecular weight excluding hydrogens is 208 g/mol. The Hall–Kier alpha value is -0.810. The molecule has 0 aromatic rings. The van der Waals surface area contributed by atoms with Gasteiger partial charge >= 0.3 is 6.09 Å². The summed E-state index contributed by atoms with van der Waals surface area (Å²) >= 11 is 0. The molecule has 16 heavy (non-hydrogen) atoms. The van der Waals surface area contributed by atoms with Gasteiger partial charge in [-0.15, -0.1) is 0 Å². The summed E-state index contributed by atoms with van der Waals surface area (Å²) in [4.78, 5) is 11.6. The summed E-state index contributed by atoms with van der Waals surface area (Å²) in [6.07, 6.45) is 1.61. The van der Waals surface area contributed by atoms with Crippen molar-refractivity contribution >= 4 is 6.09 Å². The molecule has 1 fully saturated rings. The molecule has 1 aliphatic heterocycles. The first-order valence-electron chi connectivity index (χ1n) is 5.71. The fourth-order valence-corrected chi connectivity index (χ4v) is 1.62. The quantitative estimate of drug-likeness (QED) is 0.444. The second-order valence-electron chi connectivity index (χ2n) is 5.22. The lowest BCUT2D eigenvalue weighted by molar-refractivity contribution is 0.00712. The minimum Gasteiger partial charge on any atom is -0.443 e. The Morgan fingerprint density at radius 3 is 2.75 bits per heavy atom. The van der Waals surface area contributed by atoms with Crippen LogP contribution < -0.4 is 5.84 Å². The molecule has 1 atom stereocenters. The van der Waals surface area contributed by atoms with Crippen LogP contribution in [-0.4, -0.2) is 36.5 Å². The highest BCUT2D eigenvalue weighted by Crippen LogP contribution is 2.15. The van der Waals surface area contributed by atoms with Crippen molar-refractivity contribution < 1.29 is 14.3 Å². The van der Waals surface area contributed by atoms with Crippen LogP contribution in [0.25, 0.3) is 0 Å². The van der Waals surface area contributed by atoms with E-state index in [0.29, 0.717) is 19.1 Å². The van der Waals surface area contributed by atoms with Gasteiger partial charge < -0.3 is 9.47 Å². The molecule has 5 heteroatoms. The van der Waals surface area contributed by atoms with Gasteiger partial charge in [-0.3, -0.25) is 0 Å². The fraction of sp³-hybridized carbons (Fsp3) is 0.909. The molecule has 0 spiro atoms. The maximum atomic E-state index is 11.6. The maximum Gasteiger partial charge on any atom is 0.424 e. The molecule has 5 nitrogen and oxygen atoms in total. The van der Waals surface area contributed by atoms with Crippen LogP contribution in [0, 0.1) is 5.92 Å². The van der Waals surface area contributed by atoms with E-state index in [-0.39, 0.29) is 0 Å². The molecule has 0 aliphatic carbocycles. The molecule has 1 aliphatic rings. The van der Waals surface area contributed by atoms with Crippen molar-refractivity contribution in [2.75, 3.05) is 19.8 Å². The number of hydrogen-bond acceptors (Lipinski definition) is 4. The number of ether oxygens (including phenoxy) is 2. The number of hydrazine groups is 1. The highest BCUT2D eigenvalue weighted by molar-refractivity contribution is 5.67. The number of nitrogens with zero attached hydrogens (tertiary/aromatic N) is 1. The van der Waals surface area contributed by atoms with Gasteiger partial charge in [-0.2, -0.15) is 0 Å². The number of carbonyl (C=O) groups is 1. The molecule has 0 aromatic heterocycles. The predicted octanol–water partition coefficient (Wildman–Crippen LogP) is 1.52. The molecule has 1 amide bonds. The molecule has 0 aromatic carbocycles. The van der Waals surface area contributed by atoms with Crippen LogP contribution >= 0.6 is 0 Å². The molecule has 1 heterocycles. The van der Waals surface area contributed by atoms with Crippen LogP contribution in [0.3, 0.4) is 0 Å². The number of nitrogens with two attached hydrogens (primary N) is 1. The molecule has 1 saturated heterocycles.